The van der Waals surface area contributed by atoms with Crippen LogP contribution in [-0.2, 0) is 0 Å². The van der Waals surface area contributed by atoms with Crippen molar-refractivity contribution in [2.24, 2.45) is 5.73 Å². The first-order chi connectivity index (χ1) is 8.61. The van der Waals surface area contributed by atoms with Gasteiger partial charge in [-0.3, -0.25) is 5.10 Å². The molecule has 0 fully saturated rings. The number of hydrogen-bond donors (Lipinski definition) is 2. The Bertz CT molecular complexity index is 616. The van der Waals surface area contributed by atoms with E-state index in [1.807, 2.05) is 13.8 Å². The molecule has 0 aliphatic rings. The number of nitrogens with zero attached hydrogens (tertiary/aromatic N) is 1. The fourth-order valence-electron chi connectivity index (χ4n) is 2.04. The number of allylic oxidation sites excluding steroid dienone is 1. The number of aromatic amines is 1. The Balaban J connectivity index is 2.86. The monoisotopic (exact) mass is 249 g/mol. The number of rotatable bonds is 3. The summed E-state index contributed by atoms with van der Waals surface area (Å²) in [4.78, 5) is 0. The van der Waals surface area contributed by atoms with Gasteiger partial charge in [-0.25, -0.2) is 4.39 Å². The fourth-order valence-corrected chi connectivity index (χ4v) is 2.04. The van der Waals surface area contributed by atoms with Crippen LogP contribution in [0.3, 0.4) is 0 Å². The number of halogens is 1. The van der Waals surface area contributed by atoms with Gasteiger partial charge in [0.2, 0.25) is 0 Å². The first-order valence-corrected chi connectivity index (χ1v) is 5.81. The van der Waals surface area contributed by atoms with E-state index in [2.05, 4.69) is 10.2 Å². The molecule has 4 nitrogen and oxygen atoms in total. The SMILES string of the molecule is C/C=C(\N)c1c(C)c(F)c(OCC)c2[nH]ncc12. The van der Waals surface area contributed by atoms with Gasteiger partial charge in [0.05, 0.1) is 12.8 Å². The maximum Gasteiger partial charge on any atom is 0.180 e. The molecule has 0 amide bonds. The largest absolute Gasteiger partial charge is 0.489 e. The van der Waals surface area contributed by atoms with Crippen LogP contribution in [-0.4, -0.2) is 16.8 Å². The molecule has 0 aliphatic heterocycles. The Labute approximate surface area is 105 Å². The summed E-state index contributed by atoms with van der Waals surface area (Å²) in [5.41, 5.74) is 8.14. The number of aromatic nitrogens is 2. The summed E-state index contributed by atoms with van der Waals surface area (Å²) >= 11 is 0. The van der Waals surface area contributed by atoms with E-state index in [-0.39, 0.29) is 5.75 Å². The van der Waals surface area contributed by atoms with Crippen LogP contribution in [0.4, 0.5) is 4.39 Å². The maximum absolute atomic E-state index is 14.3. The van der Waals surface area contributed by atoms with Crippen molar-refractivity contribution in [1.82, 2.24) is 10.2 Å². The standard InChI is InChI=1S/C13H16FN3O/c1-4-9(15)10-7(3)11(14)13(18-5-2)12-8(10)6-16-17-12/h4,6H,5,15H2,1-3H3,(H,16,17)/b9-4-. The minimum atomic E-state index is -0.395. The van der Waals surface area contributed by atoms with Crippen LogP contribution in [0.25, 0.3) is 16.6 Å². The van der Waals surface area contributed by atoms with Crippen LogP contribution >= 0.6 is 0 Å². The zero-order valence-electron chi connectivity index (χ0n) is 10.7. The molecular weight excluding hydrogens is 233 g/mol. The molecule has 2 rings (SSSR count). The minimum absolute atomic E-state index is 0.204. The van der Waals surface area contributed by atoms with Crippen molar-refractivity contribution in [2.75, 3.05) is 6.61 Å². The van der Waals surface area contributed by atoms with E-state index in [1.54, 1.807) is 19.2 Å². The number of hydrogen-bond acceptors (Lipinski definition) is 3. The van der Waals surface area contributed by atoms with E-state index < -0.39 is 5.82 Å². The average molecular weight is 249 g/mol. The normalized spacial score (nSPS) is 12.1. The van der Waals surface area contributed by atoms with Gasteiger partial charge in [-0.1, -0.05) is 6.08 Å². The summed E-state index contributed by atoms with van der Waals surface area (Å²) < 4.78 is 19.6. The molecular formula is C13H16FN3O. The third-order valence-corrected chi connectivity index (χ3v) is 2.93. The van der Waals surface area contributed by atoms with Crippen LogP contribution in [0.5, 0.6) is 5.75 Å². The molecule has 0 radical (unpaired) electrons. The second-order valence-corrected chi connectivity index (χ2v) is 3.98. The Morgan fingerprint density at radius 2 is 2.33 bits per heavy atom. The van der Waals surface area contributed by atoms with Gasteiger partial charge in [-0.2, -0.15) is 5.10 Å². The Morgan fingerprint density at radius 1 is 1.61 bits per heavy atom. The van der Waals surface area contributed by atoms with Gasteiger partial charge in [0, 0.05) is 16.6 Å². The predicted molar refractivity (Wildman–Crippen MR) is 69.8 cm³/mol. The number of ether oxygens (including phenoxy) is 1. The molecule has 1 aromatic heterocycles. The van der Waals surface area contributed by atoms with Gasteiger partial charge in [0.1, 0.15) is 5.52 Å². The third kappa shape index (κ3) is 1.72. The van der Waals surface area contributed by atoms with E-state index in [0.29, 0.717) is 28.9 Å². The first kappa shape index (κ1) is 12.4. The Kier molecular flexibility index (Phi) is 3.23. The molecule has 1 aromatic carbocycles. The van der Waals surface area contributed by atoms with Gasteiger partial charge < -0.3 is 10.5 Å². The zero-order valence-corrected chi connectivity index (χ0v) is 10.7. The van der Waals surface area contributed by atoms with Crippen molar-refractivity contribution in [3.05, 3.63) is 29.2 Å². The van der Waals surface area contributed by atoms with Crippen molar-refractivity contribution < 1.29 is 9.13 Å². The maximum atomic E-state index is 14.3. The van der Waals surface area contributed by atoms with Crippen molar-refractivity contribution in [2.45, 2.75) is 20.8 Å². The average Bonchev–Trinajstić information content (AvgIpc) is 2.83. The lowest BCUT2D eigenvalue weighted by atomic mass is 10.00. The van der Waals surface area contributed by atoms with E-state index in [4.69, 9.17) is 10.5 Å². The molecule has 0 saturated carbocycles. The molecule has 2 aromatic rings. The molecule has 0 spiro atoms. The molecule has 96 valence electrons. The van der Waals surface area contributed by atoms with Crippen LogP contribution < -0.4 is 10.5 Å². The van der Waals surface area contributed by atoms with Crippen molar-refractivity contribution >= 4 is 16.6 Å². The summed E-state index contributed by atoms with van der Waals surface area (Å²) in [6.45, 7) is 5.71. The first-order valence-electron chi connectivity index (χ1n) is 5.81. The van der Waals surface area contributed by atoms with E-state index in [1.165, 1.54) is 0 Å². The number of fused-ring (bicyclic) bond motifs is 1. The quantitative estimate of drug-likeness (QED) is 0.879. The van der Waals surface area contributed by atoms with Crippen molar-refractivity contribution in [3.8, 4) is 5.75 Å². The summed E-state index contributed by atoms with van der Waals surface area (Å²) in [5, 5.41) is 7.48. The summed E-state index contributed by atoms with van der Waals surface area (Å²) in [5.74, 6) is -0.191. The lowest BCUT2D eigenvalue weighted by Gasteiger charge is -2.13. The Morgan fingerprint density at radius 3 is 2.94 bits per heavy atom. The van der Waals surface area contributed by atoms with Gasteiger partial charge in [-0.15, -0.1) is 0 Å². The number of nitrogens with two attached hydrogens (primary N) is 1. The zero-order chi connectivity index (χ0) is 13.3. The molecule has 0 atom stereocenters. The van der Waals surface area contributed by atoms with Crippen LogP contribution in [0.15, 0.2) is 12.3 Å². The lowest BCUT2D eigenvalue weighted by molar-refractivity contribution is 0.324. The summed E-state index contributed by atoms with van der Waals surface area (Å²) in [6.07, 6.45) is 3.38. The van der Waals surface area contributed by atoms with Crippen LogP contribution in [0, 0.1) is 12.7 Å². The molecule has 0 saturated heterocycles. The highest BCUT2D eigenvalue weighted by atomic mass is 19.1. The number of H-pyrrole nitrogens is 1. The van der Waals surface area contributed by atoms with E-state index >= 15 is 0 Å². The molecule has 5 heteroatoms. The van der Waals surface area contributed by atoms with E-state index in [0.717, 1.165) is 5.39 Å². The second kappa shape index (κ2) is 4.68. The smallest absolute Gasteiger partial charge is 0.180 e. The molecule has 0 unspecified atom stereocenters. The number of benzene rings is 1. The molecule has 1 heterocycles. The highest BCUT2D eigenvalue weighted by molar-refractivity contribution is 5.96. The summed E-state index contributed by atoms with van der Waals surface area (Å²) in [7, 11) is 0. The predicted octanol–water partition coefficient (Wildman–Crippen LogP) is 2.73. The second-order valence-electron chi connectivity index (χ2n) is 3.98. The highest BCUT2D eigenvalue weighted by Crippen LogP contribution is 2.35. The topological polar surface area (TPSA) is 63.9 Å². The minimum Gasteiger partial charge on any atom is -0.489 e. The molecule has 0 bridgehead atoms. The van der Waals surface area contributed by atoms with Crippen molar-refractivity contribution in [1.29, 1.82) is 0 Å². The van der Waals surface area contributed by atoms with Gasteiger partial charge >= 0.3 is 0 Å². The van der Waals surface area contributed by atoms with E-state index in [9.17, 15) is 4.39 Å². The van der Waals surface area contributed by atoms with Crippen molar-refractivity contribution in [3.63, 3.8) is 0 Å². The molecule has 3 N–H and O–H groups in total. The van der Waals surface area contributed by atoms with Gasteiger partial charge in [0.15, 0.2) is 11.6 Å². The lowest BCUT2D eigenvalue weighted by Crippen LogP contribution is -2.04. The molecule has 0 aliphatic carbocycles. The number of nitrogens with one attached hydrogen (secondary N) is 1. The van der Waals surface area contributed by atoms with Crippen LogP contribution in [0.2, 0.25) is 0 Å². The van der Waals surface area contributed by atoms with Crippen LogP contribution in [0.1, 0.15) is 25.0 Å². The third-order valence-electron chi connectivity index (χ3n) is 2.93. The van der Waals surface area contributed by atoms with Gasteiger partial charge in [-0.05, 0) is 26.3 Å². The highest BCUT2D eigenvalue weighted by Gasteiger charge is 2.20. The summed E-state index contributed by atoms with van der Waals surface area (Å²) in [6, 6.07) is 0. The Hall–Kier alpha value is -2.04. The fraction of sp³-hybridized carbons (Fsp3) is 0.308. The molecule has 18 heavy (non-hydrogen) atoms. The van der Waals surface area contributed by atoms with Gasteiger partial charge in [0.25, 0.3) is 0 Å².